The van der Waals surface area contributed by atoms with Gasteiger partial charge in [0, 0.05) is 6.54 Å². The second kappa shape index (κ2) is 6.67. The summed E-state index contributed by atoms with van der Waals surface area (Å²) in [5, 5.41) is 0.418. The molecule has 0 unspecified atom stereocenters. The summed E-state index contributed by atoms with van der Waals surface area (Å²) in [7, 11) is 0. The molecule has 0 radical (unpaired) electrons. The van der Waals surface area contributed by atoms with E-state index in [4.69, 9.17) is 22.7 Å². The molecule has 0 atom stereocenters. The maximum Gasteiger partial charge on any atom is 0.358 e. The van der Waals surface area contributed by atoms with Gasteiger partial charge >= 0.3 is 5.97 Å². The first-order valence-electron chi connectivity index (χ1n) is 6.33. The molecule has 0 aliphatic heterocycles. The van der Waals surface area contributed by atoms with Crippen molar-refractivity contribution >= 4 is 34.5 Å². The quantitative estimate of drug-likeness (QED) is 0.680. The van der Waals surface area contributed by atoms with Crippen LogP contribution in [0.4, 0.5) is 5.00 Å². The molecule has 0 fully saturated rings. The number of carbonyl (C=O) groups is 1. The van der Waals surface area contributed by atoms with Crippen molar-refractivity contribution in [2.45, 2.75) is 19.9 Å². The summed E-state index contributed by atoms with van der Waals surface area (Å²) in [6.45, 7) is 2.70. The van der Waals surface area contributed by atoms with Crippen LogP contribution < -0.4 is 5.73 Å². The smallest absolute Gasteiger partial charge is 0.358 e. The van der Waals surface area contributed by atoms with Crippen molar-refractivity contribution in [2.75, 3.05) is 12.3 Å². The van der Waals surface area contributed by atoms with Crippen LogP contribution in [0.3, 0.4) is 0 Å². The zero-order valence-electron chi connectivity index (χ0n) is 11.2. The monoisotopic (exact) mass is 308 g/mol. The Hall–Kier alpha value is -1.66. The Bertz CT molecular complexity index is 647. The molecule has 2 N–H and O–H groups in total. The molecule has 2 aromatic rings. The first kappa shape index (κ1) is 14.7. The average molecular weight is 308 g/mol. The fourth-order valence-electron chi connectivity index (χ4n) is 1.92. The van der Waals surface area contributed by atoms with E-state index in [1.165, 1.54) is 16.9 Å². The maximum absolute atomic E-state index is 11.9. The fourth-order valence-corrected chi connectivity index (χ4v) is 3.14. The van der Waals surface area contributed by atoms with Crippen molar-refractivity contribution in [3.8, 4) is 0 Å². The van der Waals surface area contributed by atoms with Gasteiger partial charge in [0.15, 0.2) is 9.65 Å². The summed E-state index contributed by atoms with van der Waals surface area (Å²) in [4.78, 5) is 11.9. The number of ether oxygens (including phenoxy) is 1. The van der Waals surface area contributed by atoms with Gasteiger partial charge in [-0.1, -0.05) is 41.7 Å². The standard InChI is InChI=1S/C14H16N2O2S2/c1-2-18-13(17)11-12(15)20-14(19)16(11)9-8-10-6-4-3-5-7-10/h3-7H,2,8-9,15H2,1H3. The van der Waals surface area contributed by atoms with E-state index in [2.05, 4.69) is 0 Å². The van der Waals surface area contributed by atoms with Crippen LogP contribution in [0.15, 0.2) is 30.3 Å². The van der Waals surface area contributed by atoms with Gasteiger partial charge in [-0.25, -0.2) is 4.79 Å². The number of nitrogens with zero attached hydrogens (tertiary/aromatic N) is 1. The molecule has 0 amide bonds. The van der Waals surface area contributed by atoms with Gasteiger partial charge in [0.2, 0.25) is 0 Å². The molecule has 0 spiro atoms. The largest absolute Gasteiger partial charge is 0.461 e. The number of benzene rings is 1. The molecular formula is C14H16N2O2S2. The van der Waals surface area contributed by atoms with Gasteiger partial charge in [-0.2, -0.15) is 0 Å². The number of anilines is 1. The number of aromatic nitrogens is 1. The molecule has 2 rings (SSSR count). The summed E-state index contributed by atoms with van der Waals surface area (Å²) in [5.41, 5.74) is 7.43. The molecule has 0 aliphatic rings. The van der Waals surface area contributed by atoms with Gasteiger partial charge in [0.1, 0.15) is 5.00 Å². The van der Waals surface area contributed by atoms with E-state index in [1.54, 1.807) is 11.5 Å². The molecule has 0 saturated carbocycles. The normalized spacial score (nSPS) is 10.4. The highest BCUT2D eigenvalue weighted by Gasteiger charge is 2.19. The van der Waals surface area contributed by atoms with Crippen LogP contribution in [-0.2, 0) is 17.7 Å². The molecule has 1 aromatic carbocycles. The van der Waals surface area contributed by atoms with Gasteiger partial charge in [0.25, 0.3) is 0 Å². The van der Waals surface area contributed by atoms with Crippen molar-refractivity contribution in [2.24, 2.45) is 0 Å². The Kier molecular flexibility index (Phi) is 4.92. The van der Waals surface area contributed by atoms with E-state index in [-0.39, 0.29) is 0 Å². The lowest BCUT2D eigenvalue weighted by Gasteiger charge is -2.08. The second-order valence-corrected chi connectivity index (χ2v) is 5.86. The van der Waals surface area contributed by atoms with Gasteiger partial charge in [-0.3, -0.25) is 0 Å². The SMILES string of the molecule is CCOC(=O)c1c(N)sc(=S)n1CCc1ccccc1. The van der Waals surface area contributed by atoms with Gasteiger partial charge in [0.05, 0.1) is 6.61 Å². The molecule has 1 heterocycles. The summed E-state index contributed by atoms with van der Waals surface area (Å²) >= 11 is 6.51. The highest BCUT2D eigenvalue weighted by atomic mass is 32.1. The van der Waals surface area contributed by atoms with Crippen LogP contribution in [0.1, 0.15) is 23.0 Å². The number of rotatable bonds is 5. The van der Waals surface area contributed by atoms with Crippen LogP contribution in [0.25, 0.3) is 0 Å². The molecule has 0 saturated heterocycles. The predicted molar refractivity (Wildman–Crippen MR) is 83.7 cm³/mol. The molecule has 1 aromatic heterocycles. The van der Waals surface area contributed by atoms with Crippen molar-refractivity contribution in [3.05, 3.63) is 45.5 Å². The molecule has 20 heavy (non-hydrogen) atoms. The molecular weight excluding hydrogens is 292 g/mol. The van der Waals surface area contributed by atoms with Crippen molar-refractivity contribution in [1.29, 1.82) is 0 Å². The van der Waals surface area contributed by atoms with Crippen molar-refractivity contribution in [1.82, 2.24) is 4.57 Å². The van der Waals surface area contributed by atoms with E-state index in [9.17, 15) is 4.79 Å². The first-order chi connectivity index (χ1) is 9.63. The zero-order valence-corrected chi connectivity index (χ0v) is 12.8. The Balaban J connectivity index is 2.23. The third kappa shape index (κ3) is 3.26. The lowest BCUT2D eigenvalue weighted by Crippen LogP contribution is -2.15. The Morgan fingerprint density at radius 1 is 1.40 bits per heavy atom. The number of thiazole rings is 1. The molecule has 0 bridgehead atoms. The van der Waals surface area contributed by atoms with Crippen LogP contribution in [0, 0.1) is 3.95 Å². The maximum atomic E-state index is 11.9. The number of nitrogen functional groups attached to an aromatic ring is 1. The highest BCUT2D eigenvalue weighted by Crippen LogP contribution is 2.23. The van der Waals surface area contributed by atoms with Crippen LogP contribution in [-0.4, -0.2) is 17.1 Å². The van der Waals surface area contributed by atoms with Gasteiger partial charge < -0.3 is 15.0 Å². The molecule has 0 aliphatic carbocycles. The minimum Gasteiger partial charge on any atom is -0.461 e. The Labute approximate surface area is 126 Å². The topological polar surface area (TPSA) is 57.2 Å². The van der Waals surface area contributed by atoms with Crippen LogP contribution in [0.2, 0.25) is 0 Å². The van der Waals surface area contributed by atoms with Gasteiger partial charge in [-0.05, 0) is 31.1 Å². The van der Waals surface area contributed by atoms with E-state index in [1.807, 2.05) is 30.3 Å². The highest BCUT2D eigenvalue weighted by molar-refractivity contribution is 7.73. The molecule has 6 heteroatoms. The average Bonchev–Trinajstić information content (AvgIpc) is 2.72. The Morgan fingerprint density at radius 3 is 2.75 bits per heavy atom. The molecule has 4 nitrogen and oxygen atoms in total. The van der Waals surface area contributed by atoms with Crippen LogP contribution in [0.5, 0.6) is 0 Å². The third-order valence-corrected chi connectivity index (χ3v) is 4.14. The van der Waals surface area contributed by atoms with Crippen molar-refractivity contribution in [3.63, 3.8) is 0 Å². The van der Waals surface area contributed by atoms with E-state index < -0.39 is 5.97 Å². The summed E-state index contributed by atoms with van der Waals surface area (Å²) in [6.07, 6.45) is 0.789. The first-order valence-corrected chi connectivity index (χ1v) is 7.56. The Morgan fingerprint density at radius 2 is 2.10 bits per heavy atom. The third-order valence-electron chi connectivity index (χ3n) is 2.86. The fraction of sp³-hybridized carbons (Fsp3) is 0.286. The lowest BCUT2D eigenvalue weighted by molar-refractivity contribution is 0.0515. The number of esters is 1. The summed E-state index contributed by atoms with van der Waals surface area (Å²) in [6, 6.07) is 10.0. The number of aryl methyl sites for hydroxylation is 1. The number of carbonyl (C=O) groups excluding carboxylic acids is 1. The van der Waals surface area contributed by atoms with E-state index in [0.29, 0.717) is 27.8 Å². The summed E-state index contributed by atoms with van der Waals surface area (Å²) in [5.74, 6) is -0.412. The predicted octanol–water partition coefficient (Wildman–Crippen LogP) is 3.28. The minimum atomic E-state index is -0.412. The van der Waals surface area contributed by atoms with Crippen LogP contribution >= 0.6 is 23.6 Å². The summed E-state index contributed by atoms with van der Waals surface area (Å²) < 4.78 is 7.40. The number of hydrogen-bond donors (Lipinski definition) is 1. The minimum absolute atomic E-state index is 0.319. The number of nitrogens with two attached hydrogens (primary N) is 1. The zero-order chi connectivity index (χ0) is 14.5. The molecule has 106 valence electrons. The van der Waals surface area contributed by atoms with Gasteiger partial charge in [-0.15, -0.1) is 0 Å². The lowest BCUT2D eigenvalue weighted by atomic mass is 10.1. The van der Waals surface area contributed by atoms with E-state index >= 15 is 0 Å². The second-order valence-electron chi connectivity index (χ2n) is 4.19. The van der Waals surface area contributed by atoms with Crippen molar-refractivity contribution < 1.29 is 9.53 Å². The van der Waals surface area contributed by atoms with E-state index in [0.717, 1.165) is 6.42 Å². The number of hydrogen-bond acceptors (Lipinski definition) is 5.